The van der Waals surface area contributed by atoms with Crippen LogP contribution in [0.4, 0.5) is 4.79 Å². The molecule has 1 saturated carbocycles. The van der Waals surface area contributed by atoms with Crippen LogP contribution in [0.5, 0.6) is 11.6 Å². The lowest BCUT2D eigenvalue weighted by Gasteiger charge is -2.30. The van der Waals surface area contributed by atoms with Crippen molar-refractivity contribution in [1.82, 2.24) is 20.5 Å². The van der Waals surface area contributed by atoms with Gasteiger partial charge in [-0.2, -0.15) is 0 Å². The zero-order chi connectivity index (χ0) is 33.1. The predicted molar refractivity (Wildman–Crippen MR) is 166 cm³/mol. The van der Waals surface area contributed by atoms with Crippen LogP contribution in [-0.2, 0) is 28.6 Å². The molecule has 2 aromatic rings. The maximum absolute atomic E-state index is 14.2. The largest absolute Gasteiger partial charge is 0.497 e. The first kappa shape index (κ1) is 33.0. The van der Waals surface area contributed by atoms with E-state index in [1.54, 1.807) is 53.1 Å². The Bertz CT molecular complexity index is 1510. The van der Waals surface area contributed by atoms with Crippen LogP contribution in [0.2, 0.25) is 0 Å². The maximum Gasteiger partial charge on any atom is 0.408 e. The summed E-state index contributed by atoms with van der Waals surface area (Å²) in [6.07, 6.45) is 4.47. The monoisotopic (exact) mass is 638 g/mol. The summed E-state index contributed by atoms with van der Waals surface area (Å²) in [6.45, 7) is 7.44. The van der Waals surface area contributed by atoms with Gasteiger partial charge in [-0.25, -0.2) is 14.6 Å². The van der Waals surface area contributed by atoms with Crippen molar-refractivity contribution >= 4 is 34.6 Å². The van der Waals surface area contributed by atoms with Gasteiger partial charge in [-0.3, -0.25) is 9.59 Å². The van der Waals surface area contributed by atoms with Crippen LogP contribution in [0.25, 0.3) is 10.8 Å². The molecule has 13 nitrogen and oxygen atoms in total. The smallest absolute Gasteiger partial charge is 0.408 e. The van der Waals surface area contributed by atoms with E-state index in [1.165, 1.54) is 4.90 Å². The number of rotatable bonds is 6. The summed E-state index contributed by atoms with van der Waals surface area (Å²) in [5, 5.41) is 7.17. The van der Waals surface area contributed by atoms with Gasteiger partial charge >= 0.3 is 12.1 Å². The Balaban J connectivity index is 1.45. The molecule has 1 aromatic carbocycles. The summed E-state index contributed by atoms with van der Waals surface area (Å²) in [5.74, 6) is -0.798. The van der Waals surface area contributed by atoms with Gasteiger partial charge in [0.05, 0.1) is 26.9 Å². The average molecular weight is 639 g/mol. The Morgan fingerprint density at radius 1 is 1.22 bits per heavy atom. The van der Waals surface area contributed by atoms with E-state index in [1.807, 2.05) is 24.3 Å². The highest BCUT2D eigenvalue weighted by Gasteiger charge is 2.62. The number of methoxy groups -OCH3 is 1. The number of ether oxygens (including phenoxy) is 5. The number of pyridine rings is 1. The van der Waals surface area contributed by atoms with Crippen LogP contribution >= 0.6 is 0 Å². The predicted octanol–water partition coefficient (Wildman–Crippen LogP) is 2.90. The molecule has 5 atom stereocenters. The first-order valence-corrected chi connectivity index (χ1v) is 15.6. The summed E-state index contributed by atoms with van der Waals surface area (Å²) in [6, 6.07) is 5.28. The quantitative estimate of drug-likeness (QED) is 0.357. The molecule has 248 valence electrons. The molecule has 3 amide bonds. The van der Waals surface area contributed by atoms with Crippen LogP contribution in [0.3, 0.4) is 0 Å². The second-order valence-electron chi connectivity index (χ2n) is 12.7. The molecule has 1 aliphatic carbocycles. The molecule has 0 bridgehead atoms. The average Bonchev–Trinajstić information content (AvgIpc) is 3.53. The number of nitrogens with zero attached hydrogens (tertiary/aromatic N) is 2. The number of nitrogens with one attached hydrogen (secondary N) is 2. The molecule has 0 unspecified atom stereocenters. The Kier molecular flexibility index (Phi) is 9.71. The van der Waals surface area contributed by atoms with Gasteiger partial charge in [0, 0.05) is 36.9 Å². The number of carbonyl (C=O) groups excluding carboxylic acids is 4. The molecule has 3 heterocycles. The summed E-state index contributed by atoms with van der Waals surface area (Å²) in [5.41, 5.74) is -2.03. The molecule has 13 heteroatoms. The highest BCUT2D eigenvalue weighted by atomic mass is 16.6. The second-order valence-corrected chi connectivity index (χ2v) is 12.7. The normalized spacial score (nSPS) is 26.7. The van der Waals surface area contributed by atoms with E-state index in [4.69, 9.17) is 23.7 Å². The van der Waals surface area contributed by atoms with Crippen molar-refractivity contribution in [3.05, 3.63) is 42.6 Å². The van der Waals surface area contributed by atoms with E-state index in [9.17, 15) is 19.2 Å². The molecule has 1 aromatic heterocycles. The van der Waals surface area contributed by atoms with Gasteiger partial charge in [-0.1, -0.05) is 12.2 Å². The minimum Gasteiger partial charge on any atom is -0.497 e. The Hall–Kier alpha value is -4.39. The van der Waals surface area contributed by atoms with Crippen LogP contribution < -0.4 is 20.1 Å². The molecular formula is C33H42N4O9. The second kappa shape index (κ2) is 13.5. The van der Waals surface area contributed by atoms with Crippen molar-refractivity contribution < 1.29 is 42.9 Å². The van der Waals surface area contributed by atoms with Crippen molar-refractivity contribution in [3.8, 4) is 11.6 Å². The number of esters is 1. The molecular weight excluding hydrogens is 596 g/mol. The fraction of sp³-hybridized carbons (Fsp3) is 0.545. The third kappa shape index (κ3) is 7.35. The molecule has 5 rings (SSSR count). The highest BCUT2D eigenvalue weighted by molar-refractivity contribution is 5.96. The number of hydrogen-bond donors (Lipinski definition) is 2. The third-order valence-electron chi connectivity index (χ3n) is 8.18. The number of fused-ring (bicyclic) bond motifs is 3. The number of hydrogen-bond acceptors (Lipinski definition) is 10. The summed E-state index contributed by atoms with van der Waals surface area (Å²) < 4.78 is 28.2. The van der Waals surface area contributed by atoms with Gasteiger partial charge in [0.2, 0.25) is 17.7 Å². The van der Waals surface area contributed by atoms with E-state index >= 15 is 0 Å². The van der Waals surface area contributed by atoms with Gasteiger partial charge in [-0.05, 0) is 63.8 Å². The fourth-order valence-electron chi connectivity index (χ4n) is 5.87. The first-order chi connectivity index (χ1) is 21.9. The van der Waals surface area contributed by atoms with Crippen molar-refractivity contribution in [3.63, 3.8) is 0 Å². The Morgan fingerprint density at radius 2 is 2.02 bits per heavy atom. The third-order valence-corrected chi connectivity index (χ3v) is 8.18. The molecule has 2 aliphatic heterocycles. The lowest BCUT2D eigenvalue weighted by Crippen LogP contribution is -2.57. The maximum atomic E-state index is 14.2. The molecule has 46 heavy (non-hydrogen) atoms. The standard InChI is InChI=1S/C33H42N4O9/c1-6-44-30(40)33-18-21(33)8-7-14-43-15-12-25(35-31(41)46-32(2,3)4)29(39)37-19-23(17-26(37)27(38)36-33)45-28-24-10-9-22(42-5)16-20(24)11-13-34-28/h7-11,13,16,21,23,25-26H,6,12,14-15,17-19H2,1-5H3,(H,35,41)(H,36,38)/t21-,23-,25+,26+,33-/m1/s1. The van der Waals surface area contributed by atoms with Crippen molar-refractivity contribution in [1.29, 1.82) is 0 Å². The number of aromatic nitrogens is 1. The molecule has 0 radical (unpaired) electrons. The highest BCUT2D eigenvalue weighted by Crippen LogP contribution is 2.46. The fourth-order valence-corrected chi connectivity index (χ4v) is 5.87. The molecule has 3 aliphatic rings. The van der Waals surface area contributed by atoms with Crippen molar-refractivity contribution in [2.45, 2.75) is 76.3 Å². The number of alkyl carbamates (subject to hydrolysis) is 1. The summed E-state index contributed by atoms with van der Waals surface area (Å²) >= 11 is 0. The minimum absolute atomic E-state index is 0.0359. The van der Waals surface area contributed by atoms with E-state index < -0.39 is 53.2 Å². The van der Waals surface area contributed by atoms with E-state index in [0.29, 0.717) is 18.1 Å². The summed E-state index contributed by atoms with van der Waals surface area (Å²) in [4.78, 5) is 59.8. The Labute approximate surface area is 267 Å². The Morgan fingerprint density at radius 3 is 2.76 bits per heavy atom. The van der Waals surface area contributed by atoms with Crippen LogP contribution in [0.15, 0.2) is 42.6 Å². The molecule has 2 N–H and O–H groups in total. The van der Waals surface area contributed by atoms with Crippen molar-refractivity contribution in [2.75, 3.05) is 33.5 Å². The number of carbonyl (C=O) groups is 4. The van der Waals surface area contributed by atoms with Crippen LogP contribution in [0, 0.1) is 5.92 Å². The number of benzene rings is 1. The van der Waals surface area contributed by atoms with Crippen LogP contribution in [0.1, 0.15) is 47.0 Å². The van der Waals surface area contributed by atoms with Gasteiger partial charge in [-0.15, -0.1) is 0 Å². The topological polar surface area (TPSA) is 155 Å². The first-order valence-electron chi connectivity index (χ1n) is 15.6. The number of amides is 3. The van der Waals surface area contributed by atoms with Gasteiger partial charge in [0.25, 0.3) is 0 Å². The van der Waals surface area contributed by atoms with Crippen molar-refractivity contribution in [2.24, 2.45) is 5.92 Å². The molecule has 1 saturated heterocycles. The zero-order valence-electron chi connectivity index (χ0n) is 26.9. The SMILES string of the molecule is CCOC(=O)[C@@]12C[C@H]1C=CCOCC[C@H](NC(=O)OC(C)(C)C)C(=O)N1C[C@H](Oc3nccc4cc(OC)ccc34)C[C@H]1C(=O)N2. The lowest BCUT2D eigenvalue weighted by molar-refractivity contribution is -0.150. The van der Waals surface area contributed by atoms with E-state index in [-0.39, 0.29) is 45.1 Å². The van der Waals surface area contributed by atoms with E-state index in [0.717, 1.165) is 10.8 Å². The molecule has 2 fully saturated rings. The zero-order valence-corrected chi connectivity index (χ0v) is 26.9. The lowest BCUT2D eigenvalue weighted by atomic mass is 10.1. The van der Waals surface area contributed by atoms with Gasteiger partial charge in [0.15, 0.2) is 0 Å². The van der Waals surface area contributed by atoms with Crippen LogP contribution in [-0.4, -0.2) is 96.6 Å². The molecule has 0 spiro atoms. The van der Waals surface area contributed by atoms with E-state index in [2.05, 4.69) is 15.6 Å². The van der Waals surface area contributed by atoms with Gasteiger partial charge in [0.1, 0.15) is 35.1 Å². The minimum atomic E-state index is -1.24. The van der Waals surface area contributed by atoms with Gasteiger partial charge < -0.3 is 39.2 Å². The summed E-state index contributed by atoms with van der Waals surface area (Å²) in [7, 11) is 1.59.